The van der Waals surface area contributed by atoms with Gasteiger partial charge >= 0.3 is 0 Å². The molecule has 104 valence electrons. The minimum atomic E-state index is 0.0703. The van der Waals surface area contributed by atoms with E-state index in [1.165, 1.54) is 37.7 Å². The van der Waals surface area contributed by atoms with Gasteiger partial charge in [0.15, 0.2) is 0 Å². The molecule has 1 aliphatic rings. The zero-order valence-electron chi connectivity index (χ0n) is 12.1. The molecular formula is C17H25NO. The second kappa shape index (κ2) is 6.74. The van der Waals surface area contributed by atoms with Crippen molar-refractivity contribution in [1.82, 2.24) is 5.32 Å². The molecule has 0 bridgehead atoms. The highest BCUT2D eigenvalue weighted by molar-refractivity contribution is 5.94. The van der Waals surface area contributed by atoms with Crippen molar-refractivity contribution in [2.75, 3.05) is 6.54 Å². The molecule has 0 atom stereocenters. The number of nitrogens with one attached hydrogen (secondary N) is 1. The van der Waals surface area contributed by atoms with E-state index in [2.05, 4.69) is 31.3 Å². The predicted molar refractivity (Wildman–Crippen MR) is 79.4 cm³/mol. The number of hydrogen-bond acceptors (Lipinski definition) is 1. The van der Waals surface area contributed by atoms with Gasteiger partial charge in [-0.3, -0.25) is 4.79 Å². The molecule has 0 unspecified atom stereocenters. The molecule has 2 heteroatoms. The van der Waals surface area contributed by atoms with E-state index in [1.807, 2.05) is 12.1 Å². The van der Waals surface area contributed by atoms with E-state index in [9.17, 15) is 4.79 Å². The zero-order chi connectivity index (χ0) is 13.7. The molecule has 0 radical (unpaired) electrons. The molecule has 0 spiro atoms. The van der Waals surface area contributed by atoms with Crippen LogP contribution < -0.4 is 5.32 Å². The number of hydrogen-bond donors (Lipinski definition) is 1. The normalized spacial score (nSPS) is 16.6. The smallest absolute Gasteiger partial charge is 0.251 e. The first-order valence-corrected chi connectivity index (χ1v) is 7.55. The molecule has 2 rings (SSSR count). The predicted octanol–water partition coefficient (Wildman–Crippen LogP) is 4.12. The minimum absolute atomic E-state index is 0.0703. The zero-order valence-corrected chi connectivity index (χ0v) is 12.1. The summed E-state index contributed by atoms with van der Waals surface area (Å²) in [6, 6.07) is 7.98. The average Bonchev–Trinajstić information content (AvgIpc) is 2.46. The lowest BCUT2D eigenvalue weighted by Gasteiger charge is -2.21. The van der Waals surface area contributed by atoms with Crippen molar-refractivity contribution in [3.63, 3.8) is 0 Å². The molecule has 0 aliphatic heterocycles. The summed E-state index contributed by atoms with van der Waals surface area (Å²) in [5.74, 6) is 1.27. The van der Waals surface area contributed by atoms with Crippen LogP contribution >= 0.6 is 0 Å². The Bertz CT molecular complexity index is 402. The van der Waals surface area contributed by atoms with E-state index in [1.54, 1.807) is 0 Å². The summed E-state index contributed by atoms with van der Waals surface area (Å²) in [4.78, 5) is 12.1. The van der Waals surface area contributed by atoms with Crippen molar-refractivity contribution in [2.24, 2.45) is 5.92 Å². The maximum atomic E-state index is 12.1. The first kappa shape index (κ1) is 14.1. The van der Waals surface area contributed by atoms with Crippen LogP contribution in [0.1, 0.15) is 67.8 Å². The number of carbonyl (C=O) groups excluding carboxylic acids is 1. The Kier molecular flexibility index (Phi) is 5.00. The Labute approximate surface area is 116 Å². The van der Waals surface area contributed by atoms with Crippen molar-refractivity contribution >= 4 is 5.91 Å². The van der Waals surface area contributed by atoms with Gasteiger partial charge in [-0.25, -0.2) is 0 Å². The fourth-order valence-electron chi connectivity index (χ4n) is 2.75. The summed E-state index contributed by atoms with van der Waals surface area (Å²) in [5.41, 5.74) is 2.06. The van der Waals surface area contributed by atoms with E-state index in [-0.39, 0.29) is 5.91 Å². The van der Waals surface area contributed by atoms with Crippen LogP contribution in [0.3, 0.4) is 0 Å². The molecule has 1 amide bonds. The number of amides is 1. The Morgan fingerprint density at radius 1 is 1.16 bits per heavy atom. The summed E-state index contributed by atoms with van der Waals surface area (Å²) in [6.45, 7) is 5.17. The van der Waals surface area contributed by atoms with Crippen LogP contribution in [0.2, 0.25) is 0 Å². The summed E-state index contributed by atoms with van der Waals surface area (Å²) in [5, 5.41) is 3.08. The molecule has 1 aliphatic carbocycles. The lowest BCUT2D eigenvalue weighted by molar-refractivity contribution is 0.0943. The van der Waals surface area contributed by atoms with Crippen molar-refractivity contribution in [1.29, 1.82) is 0 Å². The van der Waals surface area contributed by atoms with Gasteiger partial charge in [0, 0.05) is 12.1 Å². The van der Waals surface area contributed by atoms with Gasteiger partial charge in [0.05, 0.1) is 0 Å². The van der Waals surface area contributed by atoms with Gasteiger partial charge in [0.25, 0.3) is 5.91 Å². The van der Waals surface area contributed by atoms with Gasteiger partial charge in [-0.1, -0.05) is 45.2 Å². The summed E-state index contributed by atoms with van der Waals surface area (Å²) >= 11 is 0. The highest BCUT2D eigenvalue weighted by Gasteiger charge is 2.14. The SMILES string of the molecule is CC(C)c1ccc(C(=O)NCC2CCCCC2)cc1. The fraction of sp³-hybridized carbons (Fsp3) is 0.588. The van der Waals surface area contributed by atoms with Crippen LogP contribution in [0.15, 0.2) is 24.3 Å². The molecule has 0 saturated heterocycles. The van der Waals surface area contributed by atoms with Crippen molar-refractivity contribution in [3.8, 4) is 0 Å². The van der Waals surface area contributed by atoms with Crippen LogP contribution in [-0.2, 0) is 0 Å². The quantitative estimate of drug-likeness (QED) is 0.865. The van der Waals surface area contributed by atoms with Crippen LogP contribution in [0, 0.1) is 5.92 Å². The third-order valence-corrected chi connectivity index (χ3v) is 4.12. The summed E-state index contributed by atoms with van der Waals surface area (Å²) in [6.07, 6.45) is 6.55. The monoisotopic (exact) mass is 259 g/mol. The number of benzene rings is 1. The van der Waals surface area contributed by atoms with Crippen molar-refractivity contribution in [3.05, 3.63) is 35.4 Å². The van der Waals surface area contributed by atoms with Crippen LogP contribution in [0.5, 0.6) is 0 Å². The maximum absolute atomic E-state index is 12.1. The molecule has 19 heavy (non-hydrogen) atoms. The number of carbonyl (C=O) groups is 1. The molecule has 0 aromatic heterocycles. The molecule has 1 fully saturated rings. The second-order valence-corrected chi connectivity index (χ2v) is 5.99. The van der Waals surface area contributed by atoms with Gasteiger partial charge in [0.1, 0.15) is 0 Å². The maximum Gasteiger partial charge on any atom is 0.251 e. The van der Waals surface area contributed by atoms with Crippen molar-refractivity contribution < 1.29 is 4.79 Å². The number of rotatable bonds is 4. The van der Waals surface area contributed by atoms with Crippen LogP contribution in [-0.4, -0.2) is 12.5 Å². The van der Waals surface area contributed by atoms with Gasteiger partial charge in [-0.05, 0) is 42.4 Å². The highest BCUT2D eigenvalue weighted by Crippen LogP contribution is 2.22. The van der Waals surface area contributed by atoms with Crippen molar-refractivity contribution in [2.45, 2.75) is 51.9 Å². The summed E-state index contributed by atoms with van der Waals surface area (Å²) in [7, 11) is 0. The molecule has 1 N–H and O–H groups in total. The molecule has 2 nitrogen and oxygen atoms in total. The lowest BCUT2D eigenvalue weighted by atomic mass is 9.89. The fourth-order valence-corrected chi connectivity index (χ4v) is 2.75. The molecule has 1 saturated carbocycles. The van der Waals surface area contributed by atoms with Gasteiger partial charge < -0.3 is 5.32 Å². The van der Waals surface area contributed by atoms with Gasteiger partial charge in [0.2, 0.25) is 0 Å². The highest BCUT2D eigenvalue weighted by atomic mass is 16.1. The van der Waals surface area contributed by atoms with E-state index < -0.39 is 0 Å². The van der Waals surface area contributed by atoms with E-state index in [4.69, 9.17) is 0 Å². The van der Waals surface area contributed by atoms with E-state index in [0.717, 1.165) is 12.1 Å². The standard InChI is InChI=1S/C17H25NO/c1-13(2)15-8-10-16(11-9-15)17(19)18-12-14-6-4-3-5-7-14/h8-11,13-14H,3-7,12H2,1-2H3,(H,18,19). The molecular weight excluding hydrogens is 234 g/mol. The average molecular weight is 259 g/mol. The summed E-state index contributed by atoms with van der Waals surface area (Å²) < 4.78 is 0. The van der Waals surface area contributed by atoms with Gasteiger partial charge in [-0.2, -0.15) is 0 Å². The Morgan fingerprint density at radius 2 is 1.79 bits per heavy atom. The molecule has 0 heterocycles. The second-order valence-electron chi connectivity index (χ2n) is 5.99. The van der Waals surface area contributed by atoms with Crippen LogP contribution in [0.4, 0.5) is 0 Å². The van der Waals surface area contributed by atoms with E-state index in [0.29, 0.717) is 11.8 Å². The largest absolute Gasteiger partial charge is 0.352 e. The first-order valence-electron chi connectivity index (χ1n) is 7.55. The third-order valence-electron chi connectivity index (χ3n) is 4.12. The molecule has 1 aromatic carbocycles. The Balaban J connectivity index is 1.85. The Morgan fingerprint density at radius 3 is 2.37 bits per heavy atom. The van der Waals surface area contributed by atoms with Gasteiger partial charge in [-0.15, -0.1) is 0 Å². The topological polar surface area (TPSA) is 29.1 Å². The Hall–Kier alpha value is -1.31. The minimum Gasteiger partial charge on any atom is -0.352 e. The first-order chi connectivity index (χ1) is 9.16. The molecule has 1 aromatic rings. The van der Waals surface area contributed by atoms with E-state index >= 15 is 0 Å². The van der Waals surface area contributed by atoms with Crippen LogP contribution in [0.25, 0.3) is 0 Å². The third kappa shape index (κ3) is 4.09. The lowest BCUT2D eigenvalue weighted by Crippen LogP contribution is -2.30.